The van der Waals surface area contributed by atoms with Crippen LogP contribution in [0.4, 0.5) is 0 Å². The van der Waals surface area contributed by atoms with Crippen LogP contribution in [0.15, 0.2) is 188 Å². The SMILES string of the molecule is CC(C)c1cccc(C(C)C)c1-n1c(-c2[c-]cccc2)nc2ccccc21.[2H]C([2H])([2H])c1cccc2c1ccc1cc3c(cc12)sc1c(-c2[n-]c4ccccc4[n+]2-c2c(C(C)C)cc(-c4ccccc4)cc2C(C)C)[c-]ccc13.[Ir+3]. The largest absolute Gasteiger partial charge is 3.00 e. The summed E-state index contributed by atoms with van der Waals surface area (Å²) < 4.78 is 31.4. The number of hydrogen-bond acceptors (Lipinski definition) is 2. The monoisotopic (exact) mass is 1200 g/mol. The first-order valence-corrected chi connectivity index (χ1v) is 27.5. The molecule has 3 aromatic heterocycles. The number of thiophene rings is 1. The minimum atomic E-state index is -2.18. The van der Waals surface area contributed by atoms with Crippen molar-refractivity contribution in [1.82, 2.24) is 14.5 Å². The van der Waals surface area contributed by atoms with Crippen LogP contribution < -0.4 is 9.55 Å². The van der Waals surface area contributed by atoms with E-state index in [1.165, 1.54) is 50.1 Å². The Bertz CT molecular complexity index is 4380. The molecule has 4 nitrogen and oxygen atoms in total. The fraction of sp³-hybridized carbons (Fsp3) is 0.183. The Morgan fingerprint density at radius 2 is 1.25 bits per heavy atom. The first-order chi connectivity index (χ1) is 38.2. The Morgan fingerprint density at radius 1 is 0.558 bits per heavy atom. The third-order valence-corrected chi connectivity index (χ3v) is 16.2. The summed E-state index contributed by atoms with van der Waals surface area (Å²) in [4.78, 5) is 10.4. The molecular formula is C71H62IrN4S+. The minimum absolute atomic E-state index is 0. The number of imidazole rings is 2. The van der Waals surface area contributed by atoms with Crippen molar-refractivity contribution in [3.8, 4) is 45.3 Å². The molecule has 77 heavy (non-hydrogen) atoms. The minimum Gasteiger partial charge on any atom is -0.333 e. The molecule has 10 aromatic carbocycles. The van der Waals surface area contributed by atoms with Gasteiger partial charge in [-0.3, -0.25) is 9.97 Å². The van der Waals surface area contributed by atoms with E-state index < -0.39 is 6.85 Å². The van der Waals surface area contributed by atoms with Gasteiger partial charge < -0.3 is 9.13 Å². The number of aryl methyl sites for hydroxylation is 1. The van der Waals surface area contributed by atoms with Crippen LogP contribution in [0.5, 0.6) is 0 Å². The number of fused-ring (bicyclic) bond motifs is 8. The van der Waals surface area contributed by atoms with Gasteiger partial charge in [0.05, 0.1) is 33.7 Å². The maximum atomic E-state index is 8.14. The maximum Gasteiger partial charge on any atom is 3.00 e. The van der Waals surface area contributed by atoms with Crippen LogP contribution in [-0.2, 0) is 20.1 Å². The quantitative estimate of drug-likeness (QED) is 0.0820. The molecule has 0 unspecified atom stereocenters. The Kier molecular flexibility index (Phi) is 13.2. The van der Waals surface area contributed by atoms with Gasteiger partial charge in [0.15, 0.2) is 0 Å². The molecule has 0 saturated heterocycles. The van der Waals surface area contributed by atoms with Crippen molar-refractivity contribution >= 4 is 75.1 Å². The van der Waals surface area contributed by atoms with Gasteiger partial charge >= 0.3 is 20.1 Å². The van der Waals surface area contributed by atoms with Gasteiger partial charge in [-0.25, -0.2) is 0 Å². The summed E-state index contributed by atoms with van der Waals surface area (Å²) in [6.07, 6.45) is 0. The van der Waals surface area contributed by atoms with E-state index in [1.807, 2.05) is 42.5 Å². The Balaban J connectivity index is 0.000000203. The van der Waals surface area contributed by atoms with Crippen molar-refractivity contribution in [1.29, 1.82) is 0 Å². The molecular weight excluding hydrogens is 1130 g/mol. The number of aromatic nitrogens is 4. The van der Waals surface area contributed by atoms with Crippen LogP contribution in [0.25, 0.3) is 109 Å². The molecule has 0 aliphatic rings. The summed E-state index contributed by atoms with van der Waals surface area (Å²) in [5.41, 5.74) is 16.7. The molecule has 0 fully saturated rings. The van der Waals surface area contributed by atoms with Gasteiger partial charge in [-0.05, 0) is 150 Å². The molecule has 0 N–H and O–H groups in total. The van der Waals surface area contributed by atoms with Crippen LogP contribution in [-0.4, -0.2) is 9.55 Å². The van der Waals surface area contributed by atoms with E-state index in [0.29, 0.717) is 17.4 Å². The number of hydrogen-bond donors (Lipinski definition) is 0. The van der Waals surface area contributed by atoms with Crippen molar-refractivity contribution < 1.29 is 28.8 Å². The standard InChI is InChI=1S/C46H37N2S.C25H25N2.Ir/c1-27(2)37-24-32(30-14-7-6-8-15-30)25-38(28(3)4)44(37)48-42-20-10-9-19-41(42)47-46(48)36-18-12-17-35-40-23-31-21-22-33-29(5)13-11-16-34(33)39(31)26-43(40)49-45(35)36;1-17(2)20-13-10-14-21(18(3)4)24(20)27-23-16-9-8-15-22(23)26-25(27)19-11-6-5-7-12-19;/h6-17,19-28H,1-5H3;5-11,13-18H,1-4H3;/q2*-1;+3/i5D3;;. The fourth-order valence-corrected chi connectivity index (χ4v) is 12.5. The second kappa shape index (κ2) is 21.2. The van der Waals surface area contributed by atoms with E-state index in [4.69, 9.17) is 14.1 Å². The van der Waals surface area contributed by atoms with Gasteiger partial charge in [0, 0.05) is 20.2 Å². The summed E-state index contributed by atoms with van der Waals surface area (Å²) in [7, 11) is 0. The molecule has 0 aliphatic heterocycles. The topological polar surface area (TPSA) is 35.8 Å². The van der Waals surface area contributed by atoms with Crippen LogP contribution in [0.1, 0.15) is 111 Å². The molecule has 3 heterocycles. The number of benzene rings is 10. The van der Waals surface area contributed by atoms with Gasteiger partial charge in [-0.1, -0.05) is 169 Å². The molecule has 13 aromatic rings. The van der Waals surface area contributed by atoms with Crippen LogP contribution in [0.2, 0.25) is 0 Å². The molecule has 0 spiro atoms. The molecule has 0 bridgehead atoms. The first-order valence-electron chi connectivity index (χ1n) is 28.2. The van der Waals surface area contributed by atoms with E-state index in [2.05, 4.69) is 216 Å². The van der Waals surface area contributed by atoms with Crippen LogP contribution in [0, 0.1) is 19.0 Å². The number of para-hydroxylation sites is 5. The first kappa shape index (κ1) is 47.9. The summed E-state index contributed by atoms with van der Waals surface area (Å²) in [6, 6.07) is 72.4. The third kappa shape index (κ3) is 9.20. The van der Waals surface area contributed by atoms with Gasteiger partial charge in [0.2, 0.25) is 0 Å². The molecule has 0 aliphatic carbocycles. The van der Waals surface area contributed by atoms with Crippen molar-refractivity contribution in [3.05, 3.63) is 228 Å². The molecule has 0 radical (unpaired) electrons. The van der Waals surface area contributed by atoms with E-state index in [1.54, 1.807) is 17.4 Å². The van der Waals surface area contributed by atoms with Crippen molar-refractivity contribution in [2.24, 2.45) is 0 Å². The Hall–Kier alpha value is -7.47. The zero-order valence-electron chi connectivity index (χ0n) is 47.7. The average molecular weight is 1200 g/mol. The van der Waals surface area contributed by atoms with Gasteiger partial charge in [-0.15, -0.1) is 54.1 Å². The van der Waals surface area contributed by atoms with Gasteiger partial charge in [-0.2, -0.15) is 11.3 Å². The van der Waals surface area contributed by atoms with Crippen molar-refractivity contribution in [3.63, 3.8) is 0 Å². The van der Waals surface area contributed by atoms with Gasteiger partial charge in [0.25, 0.3) is 0 Å². The van der Waals surface area contributed by atoms with Crippen molar-refractivity contribution in [2.45, 2.75) is 85.9 Å². The number of rotatable bonds is 9. The summed E-state index contributed by atoms with van der Waals surface area (Å²) in [5.74, 6) is 3.21. The Morgan fingerprint density at radius 3 is 1.96 bits per heavy atom. The molecule has 0 saturated carbocycles. The fourth-order valence-electron chi connectivity index (χ4n) is 11.3. The zero-order valence-corrected chi connectivity index (χ0v) is 47.9. The normalized spacial score (nSPS) is 12.5. The maximum absolute atomic E-state index is 8.14. The molecule has 0 atom stereocenters. The molecule has 0 amide bonds. The molecule has 380 valence electrons. The predicted molar refractivity (Wildman–Crippen MR) is 323 cm³/mol. The zero-order chi connectivity index (χ0) is 54.9. The predicted octanol–water partition coefficient (Wildman–Crippen LogP) is 19.2. The van der Waals surface area contributed by atoms with E-state index in [9.17, 15) is 0 Å². The third-order valence-electron chi connectivity index (χ3n) is 15.0. The summed E-state index contributed by atoms with van der Waals surface area (Å²) in [6.45, 7) is 16.0. The molecule has 13 rings (SSSR count). The van der Waals surface area contributed by atoms with E-state index in [0.717, 1.165) is 81.2 Å². The average Bonchev–Trinajstić information content (AvgIpc) is 4.17. The smallest absolute Gasteiger partial charge is 0.333 e. The molecule has 6 heteroatoms. The van der Waals surface area contributed by atoms with Gasteiger partial charge in [0.1, 0.15) is 0 Å². The summed E-state index contributed by atoms with van der Waals surface area (Å²) in [5, 5.41) is 6.22. The second-order valence-corrected chi connectivity index (χ2v) is 22.4. The Labute approximate surface area is 474 Å². The van der Waals surface area contributed by atoms with E-state index in [-0.39, 0.29) is 31.9 Å². The van der Waals surface area contributed by atoms with E-state index >= 15 is 0 Å². The summed E-state index contributed by atoms with van der Waals surface area (Å²) >= 11 is 1.76. The number of nitrogens with zero attached hydrogens (tertiary/aromatic N) is 4. The van der Waals surface area contributed by atoms with Crippen molar-refractivity contribution in [2.75, 3.05) is 0 Å². The second-order valence-electron chi connectivity index (χ2n) is 21.3. The van der Waals surface area contributed by atoms with Crippen LogP contribution >= 0.6 is 11.3 Å². The van der Waals surface area contributed by atoms with Crippen LogP contribution in [0.3, 0.4) is 0 Å².